The average Bonchev–Trinajstić information content (AvgIpc) is 2.48. The monoisotopic (exact) mass is 305 g/mol. The maximum Gasteiger partial charge on any atom is 0.294 e. The Morgan fingerprint density at radius 3 is 2.57 bits per heavy atom. The van der Waals surface area contributed by atoms with Crippen molar-refractivity contribution in [2.75, 3.05) is 5.32 Å². The summed E-state index contributed by atoms with van der Waals surface area (Å²) >= 11 is 5.54. The van der Waals surface area contributed by atoms with Gasteiger partial charge in [0.25, 0.3) is 5.69 Å². The van der Waals surface area contributed by atoms with Crippen molar-refractivity contribution in [3.05, 3.63) is 68.5 Å². The number of rotatable bonds is 4. The predicted octanol–water partition coefficient (Wildman–Crippen LogP) is 3.87. The number of hydrogen-bond acceptors (Lipinski definition) is 4. The van der Waals surface area contributed by atoms with Gasteiger partial charge in [-0.15, -0.1) is 0 Å². The van der Waals surface area contributed by atoms with E-state index >= 15 is 0 Å². The summed E-state index contributed by atoms with van der Waals surface area (Å²) in [5.41, 5.74) is 1.07. The van der Waals surface area contributed by atoms with Crippen LogP contribution in [0.3, 0.4) is 0 Å². The van der Waals surface area contributed by atoms with Gasteiger partial charge in [0.15, 0.2) is 0 Å². The molecule has 0 spiro atoms. The largest absolute Gasteiger partial charge is 0.375 e. The van der Waals surface area contributed by atoms with E-state index in [1.807, 2.05) is 6.07 Å². The lowest BCUT2D eigenvalue weighted by Gasteiger charge is -2.08. The van der Waals surface area contributed by atoms with E-state index in [4.69, 9.17) is 16.9 Å². The van der Waals surface area contributed by atoms with Gasteiger partial charge < -0.3 is 5.32 Å². The van der Waals surface area contributed by atoms with E-state index in [1.54, 1.807) is 24.3 Å². The number of halogens is 2. The van der Waals surface area contributed by atoms with E-state index < -0.39 is 10.7 Å². The Morgan fingerprint density at radius 2 is 2.00 bits per heavy atom. The molecule has 0 radical (unpaired) electrons. The highest BCUT2D eigenvalue weighted by atomic mass is 35.5. The third-order valence-electron chi connectivity index (χ3n) is 2.80. The summed E-state index contributed by atoms with van der Waals surface area (Å²) in [7, 11) is 0. The molecule has 5 nitrogen and oxygen atoms in total. The van der Waals surface area contributed by atoms with Crippen molar-refractivity contribution < 1.29 is 9.31 Å². The highest BCUT2D eigenvalue weighted by Gasteiger charge is 2.17. The van der Waals surface area contributed by atoms with Crippen molar-refractivity contribution in [1.29, 1.82) is 5.26 Å². The highest BCUT2D eigenvalue weighted by Crippen LogP contribution is 2.30. The average molecular weight is 306 g/mol. The number of nitriles is 1. The van der Waals surface area contributed by atoms with Crippen LogP contribution in [0.15, 0.2) is 36.4 Å². The maximum atomic E-state index is 13.4. The SMILES string of the molecule is N#Cc1ccc(CNc2cc(F)c(Cl)cc2[N+](=O)[O-])cc1. The highest BCUT2D eigenvalue weighted by molar-refractivity contribution is 6.31. The van der Waals surface area contributed by atoms with Crippen molar-refractivity contribution >= 4 is 23.0 Å². The Kier molecular flexibility index (Phi) is 4.36. The molecule has 7 heteroatoms. The molecule has 0 saturated heterocycles. The molecule has 0 saturated carbocycles. The van der Waals surface area contributed by atoms with Gasteiger partial charge in [-0.1, -0.05) is 23.7 Å². The van der Waals surface area contributed by atoms with Crippen molar-refractivity contribution in [2.45, 2.75) is 6.54 Å². The summed E-state index contributed by atoms with van der Waals surface area (Å²) in [6, 6.07) is 10.6. The smallest absolute Gasteiger partial charge is 0.294 e. The Hall–Kier alpha value is -2.65. The van der Waals surface area contributed by atoms with Crippen molar-refractivity contribution in [3.63, 3.8) is 0 Å². The van der Waals surface area contributed by atoms with Crippen LogP contribution >= 0.6 is 11.6 Å². The zero-order valence-corrected chi connectivity index (χ0v) is 11.4. The van der Waals surface area contributed by atoms with Crippen LogP contribution in [0, 0.1) is 27.3 Å². The molecule has 2 aromatic carbocycles. The molecule has 2 aromatic rings. The molecule has 0 atom stereocenters. The first-order valence-electron chi connectivity index (χ1n) is 5.87. The summed E-state index contributed by atoms with van der Waals surface area (Å²) in [4.78, 5) is 10.3. The molecule has 0 heterocycles. The second kappa shape index (κ2) is 6.20. The molecule has 0 aliphatic carbocycles. The van der Waals surface area contributed by atoms with Gasteiger partial charge in [-0.2, -0.15) is 5.26 Å². The van der Waals surface area contributed by atoms with Crippen LogP contribution in [0.4, 0.5) is 15.8 Å². The first-order chi connectivity index (χ1) is 10.0. The molecule has 2 rings (SSSR count). The lowest BCUT2D eigenvalue weighted by molar-refractivity contribution is -0.384. The van der Waals surface area contributed by atoms with E-state index in [0.717, 1.165) is 17.7 Å². The zero-order valence-electron chi connectivity index (χ0n) is 10.6. The van der Waals surface area contributed by atoms with Gasteiger partial charge in [-0.3, -0.25) is 10.1 Å². The molecule has 106 valence electrons. The first kappa shape index (κ1) is 14.8. The molecular weight excluding hydrogens is 297 g/mol. The zero-order chi connectivity index (χ0) is 15.4. The quantitative estimate of drug-likeness (QED) is 0.687. The minimum Gasteiger partial charge on any atom is -0.375 e. The Morgan fingerprint density at radius 1 is 1.33 bits per heavy atom. The molecule has 0 aromatic heterocycles. The lowest BCUT2D eigenvalue weighted by atomic mass is 10.1. The topological polar surface area (TPSA) is 79.0 Å². The van der Waals surface area contributed by atoms with E-state index in [1.165, 1.54) is 0 Å². The third kappa shape index (κ3) is 3.46. The van der Waals surface area contributed by atoms with Gasteiger partial charge in [0.1, 0.15) is 11.5 Å². The normalized spacial score (nSPS) is 9.95. The fourth-order valence-electron chi connectivity index (χ4n) is 1.72. The maximum absolute atomic E-state index is 13.4. The summed E-state index contributed by atoms with van der Waals surface area (Å²) in [6.45, 7) is 0.258. The van der Waals surface area contributed by atoms with Crippen molar-refractivity contribution in [1.82, 2.24) is 0 Å². The van der Waals surface area contributed by atoms with Gasteiger partial charge in [0.2, 0.25) is 0 Å². The number of benzene rings is 2. The van der Waals surface area contributed by atoms with Crippen LogP contribution in [0.25, 0.3) is 0 Å². The summed E-state index contributed by atoms with van der Waals surface area (Å²) in [5, 5.41) is 22.1. The molecule has 0 aliphatic heterocycles. The summed E-state index contributed by atoms with van der Waals surface area (Å²) in [6.07, 6.45) is 0. The number of nitrogens with zero attached hydrogens (tertiary/aromatic N) is 2. The molecule has 0 unspecified atom stereocenters. The Bertz CT molecular complexity index is 726. The van der Waals surface area contributed by atoms with Gasteiger partial charge in [0.05, 0.1) is 21.6 Å². The van der Waals surface area contributed by atoms with E-state index in [-0.39, 0.29) is 22.9 Å². The van der Waals surface area contributed by atoms with Crippen LogP contribution in [0.1, 0.15) is 11.1 Å². The molecule has 0 fully saturated rings. The van der Waals surface area contributed by atoms with Gasteiger partial charge in [-0.05, 0) is 17.7 Å². The fraction of sp³-hybridized carbons (Fsp3) is 0.0714. The molecule has 21 heavy (non-hydrogen) atoms. The Labute approximate surface area is 124 Å². The minimum absolute atomic E-state index is 0.0475. The third-order valence-corrected chi connectivity index (χ3v) is 3.09. The van der Waals surface area contributed by atoms with Crippen LogP contribution in [0.5, 0.6) is 0 Å². The minimum atomic E-state index is -0.732. The van der Waals surface area contributed by atoms with E-state index in [9.17, 15) is 14.5 Å². The Balaban J connectivity index is 2.21. The number of nitro benzene ring substituents is 1. The van der Waals surface area contributed by atoms with Crippen LogP contribution < -0.4 is 5.32 Å². The van der Waals surface area contributed by atoms with E-state index in [0.29, 0.717) is 5.56 Å². The lowest BCUT2D eigenvalue weighted by Crippen LogP contribution is -2.03. The predicted molar refractivity (Wildman–Crippen MR) is 76.5 cm³/mol. The van der Waals surface area contributed by atoms with Crippen LogP contribution in [0.2, 0.25) is 5.02 Å². The van der Waals surface area contributed by atoms with Crippen molar-refractivity contribution in [2.24, 2.45) is 0 Å². The summed E-state index contributed by atoms with van der Waals surface area (Å²) < 4.78 is 13.4. The number of nitrogens with one attached hydrogen (secondary N) is 1. The number of anilines is 1. The van der Waals surface area contributed by atoms with Gasteiger partial charge in [0, 0.05) is 18.7 Å². The standard InChI is InChI=1S/C14H9ClFN3O2/c15-11-5-14(19(20)21)13(6-12(11)16)18-8-10-3-1-9(7-17)2-4-10/h1-6,18H,8H2. The second-order valence-electron chi connectivity index (χ2n) is 4.20. The molecule has 0 amide bonds. The first-order valence-corrected chi connectivity index (χ1v) is 6.25. The molecular formula is C14H9ClFN3O2. The van der Waals surface area contributed by atoms with Crippen molar-refractivity contribution in [3.8, 4) is 6.07 Å². The van der Waals surface area contributed by atoms with Gasteiger partial charge in [-0.25, -0.2) is 4.39 Å². The second-order valence-corrected chi connectivity index (χ2v) is 4.61. The molecule has 1 N–H and O–H groups in total. The number of hydrogen-bond donors (Lipinski definition) is 1. The van der Waals surface area contributed by atoms with E-state index in [2.05, 4.69) is 5.32 Å². The van der Waals surface area contributed by atoms with Crippen LogP contribution in [-0.2, 0) is 6.54 Å². The fourth-order valence-corrected chi connectivity index (χ4v) is 1.88. The summed E-state index contributed by atoms with van der Waals surface area (Å²) in [5.74, 6) is -0.732. The number of nitro groups is 1. The molecule has 0 aliphatic rings. The molecule has 0 bridgehead atoms. The van der Waals surface area contributed by atoms with Crippen LogP contribution in [-0.4, -0.2) is 4.92 Å². The van der Waals surface area contributed by atoms with Gasteiger partial charge >= 0.3 is 0 Å².